The summed E-state index contributed by atoms with van der Waals surface area (Å²) in [6.45, 7) is 13.1. The van der Waals surface area contributed by atoms with Crippen LogP contribution in [-0.2, 0) is 5.41 Å². The number of aliphatic imine (C=N–C) groups is 2. The number of benzene rings is 4. The molecule has 1 aromatic heterocycles. The van der Waals surface area contributed by atoms with Crippen LogP contribution in [-0.4, -0.2) is 21.5 Å². The molecule has 1 N–H and O–H groups in total. The van der Waals surface area contributed by atoms with Crippen LogP contribution in [0.3, 0.4) is 0 Å². The van der Waals surface area contributed by atoms with Crippen LogP contribution in [0.5, 0.6) is 0 Å². The van der Waals surface area contributed by atoms with Crippen molar-refractivity contribution >= 4 is 34.6 Å². The summed E-state index contributed by atoms with van der Waals surface area (Å²) >= 11 is 0. The number of nitrogens with zero attached hydrogens (tertiary/aromatic N) is 5. The van der Waals surface area contributed by atoms with Crippen molar-refractivity contribution in [1.29, 1.82) is 0 Å². The summed E-state index contributed by atoms with van der Waals surface area (Å²) in [5.41, 5.74) is 10.9. The van der Waals surface area contributed by atoms with E-state index < -0.39 is 0 Å². The summed E-state index contributed by atoms with van der Waals surface area (Å²) in [5, 5.41) is 8.71. The highest BCUT2D eigenvalue weighted by atomic mass is 15.4. The quantitative estimate of drug-likeness (QED) is 0.238. The number of fused-ring (bicyclic) bond motifs is 4. The van der Waals surface area contributed by atoms with E-state index in [-0.39, 0.29) is 11.5 Å². The second-order valence-corrected chi connectivity index (χ2v) is 12.6. The predicted molar refractivity (Wildman–Crippen MR) is 178 cm³/mol. The molecule has 0 saturated carbocycles. The van der Waals surface area contributed by atoms with Crippen molar-refractivity contribution in [2.24, 2.45) is 9.98 Å². The molecule has 6 heteroatoms. The van der Waals surface area contributed by atoms with Crippen LogP contribution in [0.2, 0.25) is 0 Å². The standard InChI is InChI=1S/C37H36N6/c1-23-20-24(2)22-28(21-23)38-34-36-40-35-32(25(3)41-43(35)29-12-8-7-9-13-29)33(26-16-18-27(19-17-26)37(4,5)6)42(36)31-15-11-10-14-30(31)39-34/h7-22,33H,1-6H3,(H,38,39)/t33-/m0/s1. The van der Waals surface area contributed by atoms with Crippen LogP contribution < -0.4 is 10.2 Å². The first-order valence-electron chi connectivity index (χ1n) is 14.8. The second kappa shape index (κ2) is 10.1. The van der Waals surface area contributed by atoms with Gasteiger partial charge in [0.1, 0.15) is 0 Å². The number of anilines is 2. The molecular weight excluding hydrogens is 528 g/mol. The first-order valence-corrected chi connectivity index (χ1v) is 14.8. The van der Waals surface area contributed by atoms with E-state index >= 15 is 0 Å². The highest BCUT2D eigenvalue weighted by Crippen LogP contribution is 2.48. The number of hydrogen-bond acceptors (Lipinski definition) is 5. The van der Waals surface area contributed by atoms with Gasteiger partial charge in [-0.2, -0.15) is 5.10 Å². The smallest absolute Gasteiger partial charge is 0.179 e. The van der Waals surface area contributed by atoms with Crippen LogP contribution >= 0.6 is 0 Å². The molecule has 7 rings (SSSR count). The third kappa shape index (κ3) is 4.73. The number of hydrogen-bond donors (Lipinski definition) is 1. The van der Waals surface area contributed by atoms with Crippen molar-refractivity contribution in [2.45, 2.75) is 53.0 Å². The summed E-state index contributed by atoms with van der Waals surface area (Å²) < 4.78 is 1.97. The Kier molecular flexibility index (Phi) is 6.31. The zero-order valence-corrected chi connectivity index (χ0v) is 25.6. The molecule has 0 fully saturated rings. The number of nitrogens with one attached hydrogen (secondary N) is 1. The molecule has 0 amide bonds. The van der Waals surface area contributed by atoms with Gasteiger partial charge in [0.05, 0.1) is 28.8 Å². The topological polar surface area (TPSA) is 57.8 Å². The van der Waals surface area contributed by atoms with Crippen molar-refractivity contribution < 1.29 is 0 Å². The molecule has 0 aliphatic carbocycles. The van der Waals surface area contributed by atoms with E-state index in [1.54, 1.807) is 0 Å². The molecule has 43 heavy (non-hydrogen) atoms. The highest BCUT2D eigenvalue weighted by molar-refractivity contribution is 6.51. The zero-order chi connectivity index (χ0) is 29.9. The first kappa shape index (κ1) is 26.9. The van der Waals surface area contributed by atoms with Crippen LogP contribution in [0.25, 0.3) is 5.69 Å². The molecule has 3 heterocycles. The van der Waals surface area contributed by atoms with Gasteiger partial charge >= 0.3 is 0 Å². The van der Waals surface area contributed by atoms with Gasteiger partial charge in [-0.1, -0.05) is 81.4 Å². The molecule has 0 saturated heterocycles. The summed E-state index contributed by atoms with van der Waals surface area (Å²) in [5.74, 6) is 2.31. The summed E-state index contributed by atoms with van der Waals surface area (Å²) in [6, 6.07) is 34.0. The minimum absolute atomic E-state index is 0.0599. The number of amidine groups is 2. The lowest BCUT2D eigenvalue weighted by atomic mass is 9.85. The van der Waals surface area contributed by atoms with E-state index in [2.05, 4.69) is 125 Å². The minimum Gasteiger partial charge on any atom is -0.337 e. The van der Waals surface area contributed by atoms with Gasteiger partial charge in [0, 0.05) is 11.3 Å². The molecule has 0 spiro atoms. The third-order valence-corrected chi connectivity index (χ3v) is 8.22. The molecule has 214 valence electrons. The lowest BCUT2D eigenvalue weighted by Gasteiger charge is -2.40. The van der Waals surface area contributed by atoms with Crippen molar-refractivity contribution in [3.05, 3.63) is 131 Å². The Morgan fingerprint density at radius 1 is 0.744 bits per heavy atom. The Balaban J connectivity index is 1.48. The maximum atomic E-state index is 5.37. The average Bonchev–Trinajstić information content (AvgIpc) is 3.31. The van der Waals surface area contributed by atoms with Crippen molar-refractivity contribution in [3.8, 4) is 5.69 Å². The molecule has 0 bridgehead atoms. The van der Waals surface area contributed by atoms with Gasteiger partial charge in [-0.05, 0) is 84.8 Å². The lowest BCUT2D eigenvalue weighted by molar-refractivity contribution is 0.589. The Hall–Kier alpha value is -4.97. The molecule has 6 nitrogen and oxygen atoms in total. The molecule has 5 aromatic rings. The Labute approximate surface area is 253 Å². The largest absolute Gasteiger partial charge is 0.337 e. The Morgan fingerprint density at radius 2 is 1.42 bits per heavy atom. The predicted octanol–water partition coefficient (Wildman–Crippen LogP) is 8.89. The Morgan fingerprint density at radius 3 is 2.12 bits per heavy atom. The number of para-hydroxylation sites is 3. The van der Waals surface area contributed by atoms with Crippen LogP contribution in [0.15, 0.2) is 107 Å². The van der Waals surface area contributed by atoms with Gasteiger partial charge in [-0.25, -0.2) is 14.7 Å². The molecule has 0 radical (unpaired) electrons. The third-order valence-electron chi connectivity index (χ3n) is 8.22. The van der Waals surface area contributed by atoms with E-state index in [0.717, 1.165) is 45.7 Å². The van der Waals surface area contributed by atoms with Crippen LogP contribution in [0.4, 0.5) is 22.9 Å². The molecule has 2 aliphatic rings. The average molecular weight is 565 g/mol. The van der Waals surface area contributed by atoms with Crippen molar-refractivity contribution in [2.75, 3.05) is 10.2 Å². The molecule has 2 aliphatic heterocycles. The SMILES string of the molecule is Cc1cc(C)cc(NC2=Nc3ccccc3N3C2=Nc2c(c(C)nn2-c2ccccc2)[C@@H]3c2ccc(C(C)(C)C)cc2)c1. The minimum atomic E-state index is -0.151. The van der Waals surface area contributed by atoms with Gasteiger partial charge in [-0.3, -0.25) is 0 Å². The number of aryl methyl sites for hydroxylation is 3. The first-order chi connectivity index (χ1) is 20.7. The summed E-state index contributed by atoms with van der Waals surface area (Å²) in [7, 11) is 0. The normalized spacial score (nSPS) is 15.7. The van der Waals surface area contributed by atoms with Crippen molar-refractivity contribution in [3.63, 3.8) is 0 Å². The lowest BCUT2D eigenvalue weighted by Crippen LogP contribution is -2.46. The van der Waals surface area contributed by atoms with Gasteiger partial charge in [0.25, 0.3) is 0 Å². The molecule has 1 atom stereocenters. The van der Waals surface area contributed by atoms with E-state index in [4.69, 9.17) is 15.1 Å². The van der Waals surface area contributed by atoms with Crippen LogP contribution in [0.1, 0.15) is 60.3 Å². The van der Waals surface area contributed by atoms with Gasteiger partial charge < -0.3 is 10.2 Å². The number of rotatable bonds is 3. The monoisotopic (exact) mass is 564 g/mol. The zero-order valence-electron chi connectivity index (χ0n) is 25.6. The summed E-state index contributed by atoms with van der Waals surface area (Å²) in [4.78, 5) is 12.9. The second-order valence-electron chi connectivity index (χ2n) is 12.6. The molecule has 0 unspecified atom stereocenters. The maximum absolute atomic E-state index is 5.37. The Bertz CT molecular complexity index is 1890. The van der Waals surface area contributed by atoms with Gasteiger partial charge in [-0.15, -0.1) is 0 Å². The van der Waals surface area contributed by atoms with E-state index in [9.17, 15) is 0 Å². The van der Waals surface area contributed by atoms with Crippen LogP contribution in [0, 0.1) is 20.8 Å². The molecular formula is C37H36N6. The van der Waals surface area contributed by atoms with E-state index in [1.165, 1.54) is 22.3 Å². The van der Waals surface area contributed by atoms with Gasteiger partial charge in [0.2, 0.25) is 0 Å². The van der Waals surface area contributed by atoms with E-state index in [0.29, 0.717) is 5.84 Å². The van der Waals surface area contributed by atoms with Crippen molar-refractivity contribution in [1.82, 2.24) is 9.78 Å². The summed E-state index contributed by atoms with van der Waals surface area (Å²) in [6.07, 6.45) is 0. The maximum Gasteiger partial charge on any atom is 0.179 e. The molecule has 4 aromatic carbocycles. The fourth-order valence-electron chi connectivity index (χ4n) is 6.21. The highest BCUT2D eigenvalue weighted by Gasteiger charge is 2.41. The van der Waals surface area contributed by atoms with Gasteiger partial charge in [0.15, 0.2) is 17.5 Å². The number of aromatic nitrogens is 2. The van der Waals surface area contributed by atoms with E-state index in [1.807, 2.05) is 28.9 Å². The fourth-order valence-corrected chi connectivity index (χ4v) is 6.21. The fraction of sp³-hybridized carbons (Fsp3) is 0.216.